The first-order valence-corrected chi connectivity index (χ1v) is 8.63. The zero-order valence-electron chi connectivity index (χ0n) is 14.9. The van der Waals surface area contributed by atoms with Crippen molar-refractivity contribution in [2.45, 2.75) is 59.8 Å². The molecule has 0 aliphatic carbocycles. The van der Waals surface area contributed by atoms with Crippen LogP contribution in [0.3, 0.4) is 0 Å². The van der Waals surface area contributed by atoms with Gasteiger partial charge in [-0.3, -0.25) is 14.2 Å². The van der Waals surface area contributed by atoms with E-state index in [1.807, 2.05) is 36.2 Å². The van der Waals surface area contributed by atoms with E-state index in [-0.39, 0.29) is 11.9 Å². The van der Waals surface area contributed by atoms with Crippen LogP contribution < -0.4 is 10.6 Å². The Balaban J connectivity index is 1.76. The molecule has 7 nitrogen and oxygen atoms in total. The highest BCUT2D eigenvalue weighted by atomic mass is 16.2. The number of rotatable bonds is 4. The van der Waals surface area contributed by atoms with Crippen LogP contribution in [0.15, 0.2) is 6.07 Å². The molecular formula is C17H26N6O. The normalized spacial score (nSPS) is 15.7. The fourth-order valence-electron chi connectivity index (χ4n) is 3.46. The monoisotopic (exact) mass is 330 g/mol. The fraction of sp³-hybridized carbons (Fsp3) is 0.588. The van der Waals surface area contributed by atoms with Crippen molar-refractivity contribution in [1.82, 2.24) is 30.2 Å². The largest absolute Gasteiger partial charge is 0.344 e. The van der Waals surface area contributed by atoms with Crippen LogP contribution in [-0.4, -0.2) is 32.0 Å². The second-order valence-corrected chi connectivity index (χ2v) is 6.37. The molecule has 0 radical (unpaired) electrons. The first-order valence-electron chi connectivity index (χ1n) is 8.63. The second-order valence-electron chi connectivity index (χ2n) is 6.37. The van der Waals surface area contributed by atoms with Gasteiger partial charge in [-0.1, -0.05) is 0 Å². The van der Waals surface area contributed by atoms with Crippen molar-refractivity contribution in [3.05, 3.63) is 34.4 Å². The number of carbonyl (C=O) groups excluding carboxylic acids is 1. The van der Waals surface area contributed by atoms with Crippen LogP contribution in [0.2, 0.25) is 0 Å². The third-order valence-electron chi connectivity index (χ3n) is 4.64. The lowest BCUT2D eigenvalue weighted by Gasteiger charge is -2.14. The van der Waals surface area contributed by atoms with Crippen molar-refractivity contribution in [1.29, 1.82) is 0 Å². The van der Waals surface area contributed by atoms with E-state index < -0.39 is 0 Å². The lowest BCUT2D eigenvalue weighted by molar-refractivity contribution is 0.0934. The van der Waals surface area contributed by atoms with E-state index in [9.17, 15) is 4.79 Å². The van der Waals surface area contributed by atoms with E-state index >= 15 is 0 Å². The van der Waals surface area contributed by atoms with Gasteiger partial charge < -0.3 is 10.6 Å². The Labute approximate surface area is 142 Å². The van der Waals surface area contributed by atoms with Gasteiger partial charge in [0, 0.05) is 30.9 Å². The number of fused-ring (bicyclic) bond motifs is 1. The molecule has 0 unspecified atom stereocenters. The van der Waals surface area contributed by atoms with Gasteiger partial charge >= 0.3 is 0 Å². The molecule has 24 heavy (non-hydrogen) atoms. The molecular weight excluding hydrogens is 304 g/mol. The summed E-state index contributed by atoms with van der Waals surface area (Å²) in [5.41, 5.74) is 4.71. The lowest BCUT2D eigenvalue weighted by atomic mass is 10.1. The van der Waals surface area contributed by atoms with Crippen molar-refractivity contribution in [2.75, 3.05) is 6.54 Å². The van der Waals surface area contributed by atoms with Crippen LogP contribution >= 0.6 is 0 Å². The van der Waals surface area contributed by atoms with Crippen LogP contribution in [0.4, 0.5) is 0 Å². The summed E-state index contributed by atoms with van der Waals surface area (Å²) in [6.07, 6.45) is 1.03. The summed E-state index contributed by atoms with van der Waals surface area (Å²) < 4.78 is 3.91. The van der Waals surface area contributed by atoms with Gasteiger partial charge in [-0.2, -0.15) is 10.2 Å². The third-order valence-corrected chi connectivity index (χ3v) is 4.64. The molecule has 1 aliphatic rings. The SMILES string of the molecule is CCn1nc(C)c([C@@H](C)NC(=O)c2cc3n(n2)CCCNC3)c1C. The highest BCUT2D eigenvalue weighted by Crippen LogP contribution is 2.21. The molecule has 7 heteroatoms. The molecule has 0 fully saturated rings. The molecule has 2 aromatic heterocycles. The van der Waals surface area contributed by atoms with Gasteiger partial charge in [0.15, 0.2) is 5.69 Å². The number of nitrogens with one attached hydrogen (secondary N) is 2. The van der Waals surface area contributed by atoms with Gasteiger partial charge in [0.1, 0.15) is 0 Å². The van der Waals surface area contributed by atoms with Crippen molar-refractivity contribution in [2.24, 2.45) is 0 Å². The van der Waals surface area contributed by atoms with E-state index in [0.717, 1.165) is 55.2 Å². The summed E-state index contributed by atoms with van der Waals surface area (Å²) in [6.45, 7) is 11.5. The molecule has 0 aromatic carbocycles. The number of aromatic nitrogens is 4. The lowest BCUT2D eigenvalue weighted by Crippen LogP contribution is -2.28. The van der Waals surface area contributed by atoms with E-state index in [4.69, 9.17) is 0 Å². The topological polar surface area (TPSA) is 76.8 Å². The Bertz CT molecular complexity index is 721. The van der Waals surface area contributed by atoms with Crippen LogP contribution in [0, 0.1) is 13.8 Å². The van der Waals surface area contributed by atoms with E-state index in [2.05, 4.69) is 27.8 Å². The van der Waals surface area contributed by atoms with Gasteiger partial charge in [0.2, 0.25) is 0 Å². The number of amides is 1. The molecule has 0 spiro atoms. The molecule has 3 rings (SSSR count). The Morgan fingerprint density at radius 2 is 2.21 bits per heavy atom. The van der Waals surface area contributed by atoms with Gasteiger partial charge in [-0.05, 0) is 46.7 Å². The smallest absolute Gasteiger partial charge is 0.272 e. The van der Waals surface area contributed by atoms with Crippen molar-refractivity contribution in [3.63, 3.8) is 0 Å². The predicted octanol–water partition coefficient (Wildman–Crippen LogP) is 1.70. The van der Waals surface area contributed by atoms with E-state index in [0.29, 0.717) is 5.69 Å². The van der Waals surface area contributed by atoms with Crippen molar-refractivity contribution < 1.29 is 4.79 Å². The number of nitrogens with zero attached hydrogens (tertiary/aromatic N) is 4. The minimum Gasteiger partial charge on any atom is -0.344 e. The van der Waals surface area contributed by atoms with Crippen LogP contribution in [0.1, 0.15) is 59.4 Å². The first-order chi connectivity index (χ1) is 11.5. The molecule has 0 saturated heterocycles. The molecule has 1 atom stereocenters. The average molecular weight is 330 g/mol. The molecule has 2 N–H and O–H groups in total. The molecule has 3 heterocycles. The Morgan fingerprint density at radius 3 is 2.92 bits per heavy atom. The molecule has 130 valence electrons. The first kappa shape index (κ1) is 16.7. The maximum Gasteiger partial charge on any atom is 0.272 e. The summed E-state index contributed by atoms with van der Waals surface area (Å²) in [5, 5.41) is 15.4. The summed E-state index contributed by atoms with van der Waals surface area (Å²) in [5.74, 6) is -0.133. The standard InChI is InChI=1S/C17H26N6O/c1-5-22-13(4)16(12(3)20-22)11(2)19-17(24)15-9-14-10-18-7-6-8-23(14)21-15/h9,11,18H,5-8,10H2,1-4H3,(H,19,24)/t11-/m1/s1. The maximum atomic E-state index is 12.6. The number of hydrogen-bond acceptors (Lipinski definition) is 4. The summed E-state index contributed by atoms with van der Waals surface area (Å²) in [7, 11) is 0. The number of hydrogen-bond donors (Lipinski definition) is 2. The van der Waals surface area contributed by atoms with E-state index in [1.54, 1.807) is 0 Å². The van der Waals surface area contributed by atoms with E-state index in [1.165, 1.54) is 0 Å². The fourth-order valence-corrected chi connectivity index (χ4v) is 3.46. The van der Waals surface area contributed by atoms with Crippen LogP contribution in [-0.2, 0) is 19.6 Å². The Hall–Kier alpha value is -2.15. The minimum absolute atomic E-state index is 0.0996. The summed E-state index contributed by atoms with van der Waals surface area (Å²) >= 11 is 0. The van der Waals surface area contributed by atoms with Crippen LogP contribution in [0.25, 0.3) is 0 Å². The van der Waals surface area contributed by atoms with Crippen molar-refractivity contribution in [3.8, 4) is 0 Å². The highest BCUT2D eigenvalue weighted by molar-refractivity contribution is 5.92. The molecule has 0 bridgehead atoms. The third kappa shape index (κ3) is 3.08. The van der Waals surface area contributed by atoms with Gasteiger partial charge in [0.25, 0.3) is 5.91 Å². The highest BCUT2D eigenvalue weighted by Gasteiger charge is 2.21. The van der Waals surface area contributed by atoms with Gasteiger partial charge in [0.05, 0.1) is 17.4 Å². The molecule has 1 amide bonds. The molecule has 2 aromatic rings. The van der Waals surface area contributed by atoms with Gasteiger partial charge in [-0.25, -0.2) is 0 Å². The minimum atomic E-state index is -0.133. The van der Waals surface area contributed by atoms with Gasteiger partial charge in [-0.15, -0.1) is 0 Å². The summed E-state index contributed by atoms with van der Waals surface area (Å²) in [4.78, 5) is 12.6. The quantitative estimate of drug-likeness (QED) is 0.894. The zero-order valence-corrected chi connectivity index (χ0v) is 14.9. The van der Waals surface area contributed by atoms with Crippen LogP contribution in [0.5, 0.6) is 0 Å². The molecule has 0 saturated carbocycles. The Morgan fingerprint density at radius 1 is 1.42 bits per heavy atom. The number of aryl methyl sites for hydroxylation is 3. The average Bonchev–Trinajstić information content (AvgIpc) is 3.00. The Kier molecular flexibility index (Phi) is 4.71. The number of carbonyl (C=O) groups is 1. The van der Waals surface area contributed by atoms with Crippen molar-refractivity contribution >= 4 is 5.91 Å². The predicted molar refractivity (Wildman–Crippen MR) is 91.8 cm³/mol. The summed E-state index contributed by atoms with van der Waals surface area (Å²) in [6, 6.07) is 1.78. The second kappa shape index (κ2) is 6.76. The maximum absolute atomic E-state index is 12.6. The zero-order chi connectivity index (χ0) is 17.3. The molecule has 1 aliphatic heterocycles.